The Bertz CT molecular complexity index is 1320. The zero-order valence-electron chi connectivity index (χ0n) is 19.7. The van der Waals surface area contributed by atoms with Crippen LogP contribution in [0.25, 0.3) is 0 Å². The molecule has 0 bridgehead atoms. The maximum atomic E-state index is 12.2. The van der Waals surface area contributed by atoms with E-state index in [-0.39, 0.29) is 28.2 Å². The fraction of sp³-hybridized carbons (Fsp3) is 0.120. The van der Waals surface area contributed by atoms with Gasteiger partial charge in [0.15, 0.2) is 18.1 Å². The Morgan fingerprint density at radius 2 is 1.65 bits per heavy atom. The van der Waals surface area contributed by atoms with Crippen molar-refractivity contribution in [2.45, 2.75) is 0 Å². The van der Waals surface area contributed by atoms with Crippen LogP contribution in [0.15, 0.2) is 65.8 Å². The third kappa shape index (κ3) is 7.86. The molecule has 0 heterocycles. The molecule has 0 spiro atoms. The summed E-state index contributed by atoms with van der Waals surface area (Å²) in [6.45, 7) is -0.252. The number of amides is 3. The van der Waals surface area contributed by atoms with Crippen molar-refractivity contribution in [3.8, 4) is 17.2 Å². The molecule has 0 atom stereocenters. The number of nitrogens with one attached hydrogen (secondary N) is 3. The number of halogens is 2. The summed E-state index contributed by atoms with van der Waals surface area (Å²) >= 11 is 11.9. The highest BCUT2D eigenvalue weighted by Crippen LogP contribution is 2.29. The van der Waals surface area contributed by atoms with Crippen molar-refractivity contribution >= 4 is 58.5 Å². The smallest absolute Gasteiger partial charge is 0.329 e. The topological polar surface area (TPSA) is 127 Å². The summed E-state index contributed by atoms with van der Waals surface area (Å²) in [6.07, 6.45) is 1.31. The number of hydrogen-bond acceptors (Lipinski definition) is 7. The molecule has 0 aliphatic rings. The number of methoxy groups -OCH3 is 2. The zero-order valence-corrected chi connectivity index (χ0v) is 21.2. The predicted octanol–water partition coefficient (Wildman–Crippen LogP) is 4.12. The van der Waals surface area contributed by atoms with Crippen molar-refractivity contribution in [2.75, 3.05) is 31.5 Å². The molecule has 3 rings (SSSR count). The molecule has 192 valence electrons. The van der Waals surface area contributed by atoms with Gasteiger partial charge in [0.2, 0.25) is 0 Å². The van der Waals surface area contributed by atoms with Crippen LogP contribution in [0.3, 0.4) is 0 Å². The van der Waals surface area contributed by atoms with Crippen LogP contribution in [-0.2, 0) is 14.4 Å². The van der Waals surface area contributed by atoms with Gasteiger partial charge >= 0.3 is 11.8 Å². The molecule has 0 unspecified atom stereocenters. The third-order valence-corrected chi connectivity index (χ3v) is 5.52. The first-order valence-corrected chi connectivity index (χ1v) is 11.4. The SMILES string of the molecule is COc1ccc(NC(=O)COc2ccc(/C=N\NC(=O)C(=O)Nc3cccc(Cl)c3Cl)cc2OC)cc1. The molecule has 0 aliphatic carbocycles. The normalized spacial score (nSPS) is 10.5. The lowest BCUT2D eigenvalue weighted by molar-refractivity contribution is -0.136. The molecule has 37 heavy (non-hydrogen) atoms. The van der Waals surface area contributed by atoms with Crippen molar-refractivity contribution in [2.24, 2.45) is 5.10 Å². The number of rotatable bonds is 9. The van der Waals surface area contributed by atoms with E-state index in [1.165, 1.54) is 19.4 Å². The van der Waals surface area contributed by atoms with E-state index in [0.717, 1.165) is 0 Å². The summed E-state index contributed by atoms with van der Waals surface area (Å²) in [4.78, 5) is 36.3. The quantitative estimate of drug-likeness (QED) is 0.211. The molecule has 0 radical (unpaired) electrons. The van der Waals surface area contributed by atoms with Gasteiger partial charge in [-0.3, -0.25) is 14.4 Å². The standard InChI is InChI=1S/C25H22Cl2N4O6/c1-35-17-9-7-16(8-10-17)29-22(32)14-37-20-11-6-15(12-21(20)36-2)13-28-31-25(34)24(33)30-19-5-3-4-18(26)23(19)27/h3-13H,14H2,1-2H3,(H,29,32)(H,30,33)(H,31,34)/b28-13-. The fourth-order valence-corrected chi connectivity index (χ4v) is 3.24. The summed E-state index contributed by atoms with van der Waals surface area (Å²) < 4.78 is 16.0. The molecule has 0 aromatic heterocycles. The number of anilines is 2. The lowest BCUT2D eigenvalue weighted by atomic mass is 10.2. The molecule has 0 saturated carbocycles. The zero-order chi connectivity index (χ0) is 26.8. The highest BCUT2D eigenvalue weighted by Gasteiger charge is 2.15. The second-order valence-electron chi connectivity index (χ2n) is 7.23. The number of hydrazone groups is 1. The molecule has 0 saturated heterocycles. The van der Waals surface area contributed by atoms with E-state index in [2.05, 4.69) is 21.2 Å². The minimum absolute atomic E-state index is 0.112. The highest BCUT2D eigenvalue weighted by atomic mass is 35.5. The lowest BCUT2D eigenvalue weighted by Gasteiger charge is -2.11. The molecule has 12 heteroatoms. The number of benzene rings is 3. The first-order valence-electron chi connectivity index (χ1n) is 10.6. The highest BCUT2D eigenvalue weighted by molar-refractivity contribution is 6.45. The summed E-state index contributed by atoms with van der Waals surface area (Å²) in [5.74, 6) is -1.02. The monoisotopic (exact) mass is 544 g/mol. The van der Waals surface area contributed by atoms with Crippen molar-refractivity contribution < 1.29 is 28.6 Å². The number of hydrogen-bond donors (Lipinski definition) is 3. The Labute approximate surface area is 222 Å². The van der Waals surface area contributed by atoms with E-state index in [1.54, 1.807) is 61.7 Å². The average molecular weight is 545 g/mol. The maximum absolute atomic E-state index is 12.2. The first kappa shape index (κ1) is 27.3. The Hall–Kier alpha value is -4.28. The van der Waals surface area contributed by atoms with Gasteiger partial charge in [0.25, 0.3) is 5.91 Å². The minimum Gasteiger partial charge on any atom is -0.497 e. The number of ether oxygens (including phenoxy) is 3. The fourth-order valence-electron chi connectivity index (χ4n) is 2.89. The van der Waals surface area contributed by atoms with Gasteiger partial charge < -0.3 is 24.8 Å². The molecule has 10 nitrogen and oxygen atoms in total. The number of carbonyl (C=O) groups is 3. The number of carbonyl (C=O) groups excluding carboxylic acids is 3. The average Bonchev–Trinajstić information content (AvgIpc) is 2.90. The first-order chi connectivity index (χ1) is 17.8. The Morgan fingerprint density at radius 1 is 0.892 bits per heavy atom. The van der Waals surface area contributed by atoms with E-state index in [1.807, 2.05) is 0 Å². The summed E-state index contributed by atoms with van der Waals surface area (Å²) in [6, 6.07) is 16.3. The van der Waals surface area contributed by atoms with Gasteiger partial charge in [-0.05, 0) is 60.2 Å². The van der Waals surface area contributed by atoms with Gasteiger partial charge in [0.1, 0.15) is 5.75 Å². The van der Waals surface area contributed by atoms with Crippen LogP contribution < -0.4 is 30.3 Å². The summed E-state index contributed by atoms with van der Waals surface area (Å²) in [5, 5.41) is 9.18. The van der Waals surface area contributed by atoms with Crippen LogP contribution in [0.2, 0.25) is 10.0 Å². The predicted molar refractivity (Wildman–Crippen MR) is 141 cm³/mol. The van der Waals surface area contributed by atoms with Gasteiger partial charge in [-0.15, -0.1) is 0 Å². The minimum atomic E-state index is -1.01. The van der Waals surface area contributed by atoms with E-state index in [4.69, 9.17) is 37.4 Å². The molecule has 3 aromatic carbocycles. The van der Waals surface area contributed by atoms with Gasteiger partial charge in [-0.1, -0.05) is 29.3 Å². The van der Waals surface area contributed by atoms with Gasteiger partial charge in [0.05, 0.1) is 36.2 Å². The molecule has 3 aromatic rings. The van der Waals surface area contributed by atoms with Crippen molar-refractivity contribution in [1.29, 1.82) is 0 Å². The van der Waals surface area contributed by atoms with E-state index in [9.17, 15) is 14.4 Å². The second-order valence-corrected chi connectivity index (χ2v) is 8.02. The van der Waals surface area contributed by atoms with E-state index in [0.29, 0.717) is 28.5 Å². The Balaban J connectivity index is 1.53. The molecule has 3 amide bonds. The maximum Gasteiger partial charge on any atom is 0.329 e. The van der Waals surface area contributed by atoms with E-state index < -0.39 is 11.8 Å². The molecular weight excluding hydrogens is 523 g/mol. The molecule has 0 aliphatic heterocycles. The van der Waals surface area contributed by atoms with Crippen LogP contribution in [0, 0.1) is 0 Å². The summed E-state index contributed by atoms with van der Waals surface area (Å²) in [7, 11) is 2.99. The van der Waals surface area contributed by atoms with Gasteiger partial charge in [-0.25, -0.2) is 5.43 Å². The summed E-state index contributed by atoms with van der Waals surface area (Å²) in [5.41, 5.74) is 3.44. The van der Waals surface area contributed by atoms with Gasteiger partial charge in [-0.2, -0.15) is 5.10 Å². The number of nitrogens with zero attached hydrogens (tertiary/aromatic N) is 1. The van der Waals surface area contributed by atoms with E-state index >= 15 is 0 Å². The lowest BCUT2D eigenvalue weighted by Crippen LogP contribution is -2.32. The van der Waals surface area contributed by atoms with Crippen molar-refractivity contribution in [3.63, 3.8) is 0 Å². The molecular formula is C25H22Cl2N4O6. The second kappa shape index (κ2) is 13.1. The molecule has 0 fully saturated rings. The Kier molecular flexibility index (Phi) is 9.70. The van der Waals surface area contributed by atoms with Crippen molar-refractivity contribution in [3.05, 3.63) is 76.3 Å². The van der Waals surface area contributed by atoms with Crippen LogP contribution in [0.1, 0.15) is 5.56 Å². The largest absolute Gasteiger partial charge is 0.497 e. The van der Waals surface area contributed by atoms with Crippen LogP contribution >= 0.6 is 23.2 Å². The molecule has 3 N–H and O–H groups in total. The van der Waals surface area contributed by atoms with Crippen molar-refractivity contribution in [1.82, 2.24) is 5.43 Å². The van der Waals surface area contributed by atoms with Gasteiger partial charge in [0, 0.05) is 5.69 Å². The van der Waals surface area contributed by atoms with Crippen LogP contribution in [-0.4, -0.2) is 44.8 Å². The Morgan fingerprint density at radius 3 is 2.35 bits per heavy atom. The third-order valence-electron chi connectivity index (χ3n) is 4.71. The van der Waals surface area contributed by atoms with Crippen LogP contribution in [0.4, 0.5) is 11.4 Å². The van der Waals surface area contributed by atoms with Crippen LogP contribution in [0.5, 0.6) is 17.2 Å².